The molecule has 1 rings (SSSR count). The minimum absolute atomic E-state index is 0.163. The van der Waals surface area contributed by atoms with E-state index in [1.54, 1.807) is 0 Å². The average molecular weight is 242 g/mol. The Labute approximate surface area is 87.7 Å². The third kappa shape index (κ3) is 3.37. The molecule has 0 amide bonds. The van der Waals surface area contributed by atoms with Gasteiger partial charge in [0.25, 0.3) is 10.1 Å². The fraction of sp³-hybridized carbons (Fsp3) is 1.00. The minimum atomic E-state index is -3.70. The molecule has 1 aliphatic rings. The van der Waals surface area contributed by atoms with Gasteiger partial charge in [0.2, 0.25) is 0 Å². The predicted octanol–water partition coefficient (Wildman–Crippen LogP) is -1.94. The fourth-order valence-corrected chi connectivity index (χ4v) is 1.90. The lowest BCUT2D eigenvalue weighted by molar-refractivity contribution is -0.257. The first-order chi connectivity index (χ1) is 6.85. The highest BCUT2D eigenvalue weighted by Gasteiger charge is 2.40. The van der Waals surface area contributed by atoms with Crippen molar-refractivity contribution in [2.75, 3.05) is 20.0 Å². The van der Waals surface area contributed by atoms with E-state index in [-0.39, 0.29) is 6.61 Å². The van der Waals surface area contributed by atoms with Crippen molar-refractivity contribution in [1.82, 2.24) is 0 Å². The Balaban J connectivity index is 2.64. The van der Waals surface area contributed by atoms with E-state index in [4.69, 9.17) is 9.47 Å². The zero-order valence-electron chi connectivity index (χ0n) is 8.36. The van der Waals surface area contributed by atoms with Crippen molar-refractivity contribution in [3.63, 3.8) is 0 Å². The van der Waals surface area contributed by atoms with Crippen molar-refractivity contribution in [3.8, 4) is 0 Å². The smallest absolute Gasteiger partial charge is 0.264 e. The van der Waals surface area contributed by atoms with Gasteiger partial charge in [-0.3, -0.25) is 4.18 Å². The Morgan fingerprint density at radius 1 is 1.33 bits per heavy atom. The first-order valence-corrected chi connectivity index (χ1v) is 6.05. The Bertz CT molecular complexity index is 300. The maximum absolute atomic E-state index is 10.8. The third-order valence-electron chi connectivity index (χ3n) is 1.97. The van der Waals surface area contributed by atoms with Crippen molar-refractivity contribution < 1.29 is 32.3 Å². The highest BCUT2D eigenvalue weighted by Crippen LogP contribution is 2.19. The summed E-state index contributed by atoms with van der Waals surface area (Å²) in [4.78, 5) is 0. The second-order valence-electron chi connectivity index (χ2n) is 3.26. The number of methoxy groups -OCH3 is 1. The normalized spacial score (nSPS) is 37.9. The topological polar surface area (TPSA) is 102 Å². The Morgan fingerprint density at radius 2 is 1.93 bits per heavy atom. The maximum Gasteiger partial charge on any atom is 0.264 e. The van der Waals surface area contributed by atoms with Crippen LogP contribution in [-0.4, -0.2) is 63.2 Å². The van der Waals surface area contributed by atoms with Crippen molar-refractivity contribution in [2.45, 2.75) is 24.6 Å². The van der Waals surface area contributed by atoms with Crippen molar-refractivity contribution in [2.24, 2.45) is 0 Å². The highest BCUT2D eigenvalue weighted by molar-refractivity contribution is 7.86. The van der Waals surface area contributed by atoms with Gasteiger partial charge in [0, 0.05) is 7.11 Å². The van der Waals surface area contributed by atoms with Crippen LogP contribution in [0.5, 0.6) is 0 Å². The summed E-state index contributed by atoms with van der Waals surface area (Å²) in [5.74, 6) is 0. The van der Waals surface area contributed by atoms with Gasteiger partial charge < -0.3 is 19.7 Å². The molecule has 2 N–H and O–H groups in total. The van der Waals surface area contributed by atoms with Crippen LogP contribution in [0.3, 0.4) is 0 Å². The maximum atomic E-state index is 10.8. The van der Waals surface area contributed by atoms with E-state index in [0.29, 0.717) is 0 Å². The third-order valence-corrected chi connectivity index (χ3v) is 2.56. The van der Waals surface area contributed by atoms with Crippen molar-refractivity contribution in [3.05, 3.63) is 0 Å². The van der Waals surface area contributed by atoms with E-state index < -0.39 is 34.7 Å². The molecule has 7 nitrogen and oxygen atoms in total. The fourth-order valence-electron chi connectivity index (χ4n) is 1.28. The van der Waals surface area contributed by atoms with Crippen LogP contribution < -0.4 is 0 Å². The van der Waals surface area contributed by atoms with Crippen LogP contribution in [0.15, 0.2) is 0 Å². The van der Waals surface area contributed by atoms with Crippen LogP contribution in [0, 0.1) is 0 Å². The summed E-state index contributed by atoms with van der Waals surface area (Å²) in [7, 11) is -2.39. The Morgan fingerprint density at radius 3 is 2.40 bits per heavy atom. The Hall–Kier alpha value is -0.250. The highest BCUT2D eigenvalue weighted by atomic mass is 32.2. The van der Waals surface area contributed by atoms with Crippen molar-refractivity contribution in [1.29, 1.82) is 0 Å². The quantitative estimate of drug-likeness (QED) is 0.555. The molecule has 0 spiro atoms. The molecule has 8 heteroatoms. The first-order valence-electron chi connectivity index (χ1n) is 4.24. The molecule has 1 aliphatic heterocycles. The molecule has 1 saturated heterocycles. The van der Waals surface area contributed by atoms with Gasteiger partial charge in [0.15, 0.2) is 6.29 Å². The molecule has 0 aromatic carbocycles. The lowest BCUT2D eigenvalue weighted by Gasteiger charge is -2.35. The number of hydrogen-bond acceptors (Lipinski definition) is 7. The van der Waals surface area contributed by atoms with Gasteiger partial charge in [-0.05, 0) is 0 Å². The van der Waals surface area contributed by atoms with Crippen molar-refractivity contribution >= 4 is 10.1 Å². The molecular weight excluding hydrogens is 228 g/mol. The molecule has 0 saturated carbocycles. The number of aliphatic hydroxyl groups excluding tert-OH is 2. The van der Waals surface area contributed by atoms with Gasteiger partial charge in [0.1, 0.15) is 18.3 Å². The van der Waals surface area contributed by atoms with Gasteiger partial charge in [-0.25, -0.2) is 0 Å². The Kier molecular flexibility index (Phi) is 4.04. The molecule has 0 bridgehead atoms. The van der Waals surface area contributed by atoms with Gasteiger partial charge in [0.05, 0.1) is 12.9 Å². The molecule has 1 heterocycles. The summed E-state index contributed by atoms with van der Waals surface area (Å²) in [6.45, 7) is -0.163. The lowest BCUT2D eigenvalue weighted by Crippen LogP contribution is -2.54. The molecule has 0 aliphatic carbocycles. The number of hydrogen-bond donors (Lipinski definition) is 2. The van der Waals surface area contributed by atoms with Crippen LogP contribution in [-0.2, 0) is 23.8 Å². The summed E-state index contributed by atoms with van der Waals surface area (Å²) < 4.78 is 35.8. The standard InChI is InChI=1S/C7H14O7S/c1-12-7-6(9)5(8)4(3-13-7)14-15(2,10)11/h4-9H,3H2,1-2H3. The van der Waals surface area contributed by atoms with Crippen LogP contribution in [0.1, 0.15) is 0 Å². The van der Waals surface area contributed by atoms with E-state index in [1.165, 1.54) is 7.11 Å². The molecule has 1 fully saturated rings. The predicted molar refractivity (Wildman–Crippen MR) is 48.5 cm³/mol. The van der Waals surface area contributed by atoms with E-state index in [1.807, 2.05) is 0 Å². The number of aliphatic hydroxyl groups is 2. The minimum Gasteiger partial charge on any atom is -0.387 e. The lowest BCUT2D eigenvalue weighted by atomic mass is 10.1. The SMILES string of the molecule is COC1OCC(OS(C)(=O)=O)C(O)C1O. The summed E-state index contributed by atoms with van der Waals surface area (Å²) in [5.41, 5.74) is 0. The number of rotatable bonds is 3. The van der Waals surface area contributed by atoms with E-state index >= 15 is 0 Å². The average Bonchev–Trinajstić information content (AvgIpc) is 2.11. The molecule has 15 heavy (non-hydrogen) atoms. The zero-order valence-corrected chi connectivity index (χ0v) is 9.18. The molecular formula is C7H14O7S. The van der Waals surface area contributed by atoms with E-state index in [2.05, 4.69) is 4.18 Å². The second-order valence-corrected chi connectivity index (χ2v) is 4.86. The largest absolute Gasteiger partial charge is 0.387 e. The molecule has 0 aromatic heterocycles. The van der Waals surface area contributed by atoms with Gasteiger partial charge in [-0.15, -0.1) is 0 Å². The van der Waals surface area contributed by atoms with E-state index in [0.717, 1.165) is 6.26 Å². The van der Waals surface area contributed by atoms with Gasteiger partial charge >= 0.3 is 0 Å². The van der Waals surface area contributed by atoms with Gasteiger partial charge in [-0.2, -0.15) is 8.42 Å². The first kappa shape index (κ1) is 12.8. The van der Waals surface area contributed by atoms with Crippen LogP contribution in [0.25, 0.3) is 0 Å². The summed E-state index contributed by atoms with van der Waals surface area (Å²) in [6.07, 6.45) is -3.93. The summed E-state index contributed by atoms with van der Waals surface area (Å²) >= 11 is 0. The second kappa shape index (κ2) is 4.73. The van der Waals surface area contributed by atoms with Crippen LogP contribution in [0.2, 0.25) is 0 Å². The molecule has 4 unspecified atom stereocenters. The molecule has 90 valence electrons. The zero-order chi connectivity index (χ0) is 11.6. The van der Waals surface area contributed by atoms with Crippen LogP contribution >= 0.6 is 0 Å². The molecule has 0 aromatic rings. The summed E-state index contributed by atoms with van der Waals surface area (Å²) in [5, 5.41) is 18.9. The van der Waals surface area contributed by atoms with Gasteiger partial charge in [-0.1, -0.05) is 0 Å². The molecule has 4 atom stereocenters. The number of ether oxygens (including phenoxy) is 2. The monoisotopic (exact) mass is 242 g/mol. The summed E-state index contributed by atoms with van der Waals surface area (Å²) in [6, 6.07) is 0. The van der Waals surface area contributed by atoms with E-state index in [9.17, 15) is 18.6 Å². The molecule has 0 radical (unpaired) electrons. The van der Waals surface area contributed by atoms with Crippen LogP contribution in [0.4, 0.5) is 0 Å².